The largest absolute Gasteiger partial charge is 0.206 e. The molecular formula is C27H30F2. The average Bonchev–Trinajstić information content (AvgIpc) is 2.72. The quantitative estimate of drug-likeness (QED) is 0.355. The molecule has 0 saturated heterocycles. The Bertz CT molecular complexity index is 852. The summed E-state index contributed by atoms with van der Waals surface area (Å²) < 4.78 is 28.9. The van der Waals surface area contributed by atoms with E-state index in [4.69, 9.17) is 0 Å². The molecule has 1 saturated carbocycles. The molecule has 3 rings (SSSR count). The molecule has 1 aliphatic carbocycles. The highest BCUT2D eigenvalue weighted by Gasteiger charge is 2.20. The minimum absolute atomic E-state index is 0.142. The first-order chi connectivity index (χ1) is 14.0. The first-order valence-electron chi connectivity index (χ1n) is 10.7. The van der Waals surface area contributed by atoms with Gasteiger partial charge in [-0.3, -0.25) is 0 Å². The van der Waals surface area contributed by atoms with Crippen molar-refractivity contribution in [3.8, 4) is 11.8 Å². The normalized spacial score (nSPS) is 18.7. The van der Waals surface area contributed by atoms with E-state index in [2.05, 4.69) is 18.4 Å². The number of benzene rings is 2. The van der Waals surface area contributed by atoms with E-state index in [-0.39, 0.29) is 5.56 Å². The second-order valence-corrected chi connectivity index (χ2v) is 8.34. The van der Waals surface area contributed by atoms with Crippen LogP contribution in [-0.4, -0.2) is 0 Å². The molecule has 0 atom stereocenters. The molecule has 0 bridgehead atoms. The Balaban J connectivity index is 1.57. The Kier molecular flexibility index (Phi) is 7.64. The zero-order valence-electron chi connectivity index (χ0n) is 17.3. The first kappa shape index (κ1) is 21.3. The molecule has 0 nitrogen and oxygen atoms in total. The average molecular weight is 393 g/mol. The molecule has 0 spiro atoms. The van der Waals surface area contributed by atoms with Crippen LogP contribution in [0.1, 0.15) is 67.2 Å². The molecule has 0 N–H and O–H groups in total. The lowest BCUT2D eigenvalue weighted by molar-refractivity contribution is 0.254. The van der Waals surface area contributed by atoms with Crippen LogP contribution in [0, 0.1) is 42.2 Å². The van der Waals surface area contributed by atoms with E-state index in [1.54, 1.807) is 0 Å². The molecule has 2 aromatic rings. The lowest BCUT2D eigenvalue weighted by Gasteiger charge is -2.28. The molecule has 0 radical (unpaired) electrons. The van der Waals surface area contributed by atoms with Gasteiger partial charge in [0.25, 0.3) is 0 Å². The standard InChI is InChI=1S/C27H30F2/c1-3-4-5-21-10-12-23(13-11-21)14-15-24-18-26(28)25(27(29)19-24)17-16-22-8-6-20(2)7-9-22/h3,6-9,18-19,21,23H,1,4-5,10-15H2,2H3/t21-,23-. The lowest BCUT2D eigenvalue weighted by atomic mass is 9.78. The maximum atomic E-state index is 14.5. The second-order valence-electron chi connectivity index (χ2n) is 8.34. The highest BCUT2D eigenvalue weighted by molar-refractivity contribution is 5.45. The molecule has 0 heterocycles. The van der Waals surface area contributed by atoms with Crippen LogP contribution in [0.4, 0.5) is 8.78 Å². The van der Waals surface area contributed by atoms with Crippen molar-refractivity contribution in [2.45, 2.75) is 58.3 Å². The molecular weight excluding hydrogens is 362 g/mol. The van der Waals surface area contributed by atoms with E-state index in [0.717, 1.165) is 41.9 Å². The third-order valence-electron chi connectivity index (χ3n) is 6.07. The van der Waals surface area contributed by atoms with E-state index in [1.807, 2.05) is 37.3 Å². The number of rotatable bonds is 6. The Morgan fingerprint density at radius 1 is 0.931 bits per heavy atom. The number of hydrogen-bond donors (Lipinski definition) is 0. The van der Waals surface area contributed by atoms with Crippen LogP contribution in [0.2, 0.25) is 0 Å². The lowest BCUT2D eigenvalue weighted by Crippen LogP contribution is -2.15. The molecule has 152 valence electrons. The van der Waals surface area contributed by atoms with E-state index in [1.165, 1.54) is 44.2 Å². The number of halogens is 2. The molecule has 29 heavy (non-hydrogen) atoms. The summed E-state index contributed by atoms with van der Waals surface area (Å²) in [5.41, 5.74) is 2.47. The van der Waals surface area contributed by atoms with Crippen molar-refractivity contribution in [1.82, 2.24) is 0 Å². The van der Waals surface area contributed by atoms with Gasteiger partial charge in [-0.25, -0.2) is 8.78 Å². The predicted octanol–water partition coefficient (Wildman–Crippen LogP) is 7.38. The van der Waals surface area contributed by atoms with Gasteiger partial charge in [-0.1, -0.05) is 61.3 Å². The van der Waals surface area contributed by atoms with Crippen molar-refractivity contribution < 1.29 is 8.78 Å². The van der Waals surface area contributed by atoms with Crippen molar-refractivity contribution in [2.75, 3.05) is 0 Å². The van der Waals surface area contributed by atoms with Crippen molar-refractivity contribution >= 4 is 0 Å². The van der Waals surface area contributed by atoms with Gasteiger partial charge in [-0.15, -0.1) is 6.58 Å². The van der Waals surface area contributed by atoms with Gasteiger partial charge in [0.15, 0.2) is 0 Å². The topological polar surface area (TPSA) is 0 Å². The maximum Gasteiger partial charge on any atom is 0.142 e. The molecule has 0 amide bonds. The van der Waals surface area contributed by atoms with Crippen LogP contribution in [0.15, 0.2) is 49.1 Å². The molecule has 2 heteroatoms. The fourth-order valence-corrected chi connectivity index (χ4v) is 4.19. The molecule has 2 aromatic carbocycles. The van der Waals surface area contributed by atoms with Gasteiger partial charge >= 0.3 is 0 Å². The van der Waals surface area contributed by atoms with Gasteiger partial charge < -0.3 is 0 Å². The van der Waals surface area contributed by atoms with Gasteiger partial charge in [0.2, 0.25) is 0 Å². The zero-order chi connectivity index (χ0) is 20.6. The number of hydrogen-bond acceptors (Lipinski definition) is 0. The summed E-state index contributed by atoms with van der Waals surface area (Å²) in [6.07, 6.45) is 11.1. The van der Waals surface area contributed by atoms with Crippen LogP contribution in [0.25, 0.3) is 0 Å². The Hall–Kier alpha value is -2.40. The van der Waals surface area contributed by atoms with Crippen LogP contribution in [0.5, 0.6) is 0 Å². The summed E-state index contributed by atoms with van der Waals surface area (Å²) >= 11 is 0. The van der Waals surface area contributed by atoms with E-state index < -0.39 is 11.6 Å². The van der Waals surface area contributed by atoms with Crippen LogP contribution >= 0.6 is 0 Å². The van der Waals surface area contributed by atoms with Gasteiger partial charge in [0.05, 0.1) is 5.56 Å². The first-order valence-corrected chi connectivity index (χ1v) is 10.7. The Morgan fingerprint density at radius 2 is 1.52 bits per heavy atom. The van der Waals surface area contributed by atoms with Crippen LogP contribution in [0.3, 0.4) is 0 Å². The highest BCUT2D eigenvalue weighted by Crippen LogP contribution is 2.34. The van der Waals surface area contributed by atoms with E-state index in [9.17, 15) is 8.78 Å². The molecule has 0 aromatic heterocycles. The maximum absolute atomic E-state index is 14.5. The minimum Gasteiger partial charge on any atom is -0.206 e. The fraction of sp³-hybridized carbons (Fsp3) is 0.407. The van der Waals surface area contributed by atoms with Crippen molar-refractivity contribution in [2.24, 2.45) is 11.8 Å². The molecule has 0 aliphatic heterocycles. The second kappa shape index (κ2) is 10.4. The minimum atomic E-state index is -0.562. The van der Waals surface area contributed by atoms with Crippen molar-refractivity contribution in [1.29, 1.82) is 0 Å². The number of aryl methyl sites for hydroxylation is 2. The highest BCUT2D eigenvalue weighted by atomic mass is 19.1. The third kappa shape index (κ3) is 6.29. The van der Waals surface area contributed by atoms with E-state index in [0.29, 0.717) is 5.92 Å². The molecule has 0 unspecified atom stereocenters. The predicted molar refractivity (Wildman–Crippen MR) is 117 cm³/mol. The SMILES string of the molecule is C=CCC[C@H]1CC[C@H](CCc2cc(F)c(C#Cc3ccc(C)cc3)c(F)c2)CC1. The third-order valence-corrected chi connectivity index (χ3v) is 6.07. The van der Waals surface area contributed by atoms with Gasteiger partial charge in [-0.05, 0) is 74.3 Å². The monoisotopic (exact) mass is 392 g/mol. The summed E-state index contributed by atoms with van der Waals surface area (Å²) in [5.74, 6) is 5.89. The smallest absolute Gasteiger partial charge is 0.142 e. The van der Waals surface area contributed by atoms with Crippen molar-refractivity contribution in [3.63, 3.8) is 0 Å². The summed E-state index contributed by atoms with van der Waals surface area (Å²) in [6.45, 7) is 5.79. The Morgan fingerprint density at radius 3 is 2.10 bits per heavy atom. The zero-order valence-corrected chi connectivity index (χ0v) is 17.3. The molecule has 1 fully saturated rings. The Labute approximate surface area is 174 Å². The number of allylic oxidation sites excluding steroid dienone is 1. The summed E-state index contributed by atoms with van der Waals surface area (Å²) in [5, 5.41) is 0. The van der Waals surface area contributed by atoms with Crippen LogP contribution < -0.4 is 0 Å². The van der Waals surface area contributed by atoms with Crippen molar-refractivity contribution in [3.05, 3.63) is 82.9 Å². The van der Waals surface area contributed by atoms with Gasteiger partial charge in [0.1, 0.15) is 11.6 Å². The van der Waals surface area contributed by atoms with E-state index >= 15 is 0 Å². The molecule has 1 aliphatic rings. The van der Waals surface area contributed by atoms with Gasteiger partial charge in [-0.2, -0.15) is 0 Å². The summed E-state index contributed by atoms with van der Waals surface area (Å²) in [6, 6.07) is 10.5. The summed E-state index contributed by atoms with van der Waals surface area (Å²) in [7, 11) is 0. The van der Waals surface area contributed by atoms with Crippen LogP contribution in [-0.2, 0) is 6.42 Å². The van der Waals surface area contributed by atoms with Gasteiger partial charge in [0, 0.05) is 5.56 Å². The summed E-state index contributed by atoms with van der Waals surface area (Å²) in [4.78, 5) is 0. The fourth-order valence-electron chi connectivity index (χ4n) is 4.19.